The molecule has 176 valence electrons. The number of aryl methyl sites for hydroxylation is 1. The minimum atomic E-state index is -3.81. The van der Waals surface area contributed by atoms with Gasteiger partial charge in [0.1, 0.15) is 5.02 Å². The molecule has 0 saturated carbocycles. The van der Waals surface area contributed by atoms with Gasteiger partial charge in [-0.1, -0.05) is 45.7 Å². The van der Waals surface area contributed by atoms with Crippen molar-refractivity contribution in [1.82, 2.24) is 9.97 Å². The molecule has 0 radical (unpaired) electrons. The summed E-state index contributed by atoms with van der Waals surface area (Å²) in [7, 11) is 1.50. The maximum absolute atomic E-state index is 7.56. The Morgan fingerprint density at radius 3 is 1.52 bits per heavy atom. The Labute approximate surface area is 188 Å². The quantitative estimate of drug-likeness (QED) is 0.324. The maximum Gasteiger partial charge on any atom is 0.319 e. The topological polar surface area (TPSA) is 166 Å². The molecule has 0 aliphatic rings. The van der Waals surface area contributed by atoms with Gasteiger partial charge in [0.25, 0.3) is 0 Å². The lowest BCUT2D eigenvalue weighted by Gasteiger charge is -2.11. The van der Waals surface area contributed by atoms with Crippen molar-refractivity contribution in [2.45, 2.75) is 61.0 Å². The first-order chi connectivity index (χ1) is 13.0. The zero-order valence-corrected chi connectivity index (χ0v) is 21.9. The third kappa shape index (κ3) is 39.1. The summed E-state index contributed by atoms with van der Waals surface area (Å²) in [5, 5.41) is 0.430. The summed E-state index contributed by atoms with van der Waals surface area (Å²) in [5.74, 6) is 0.367. The van der Waals surface area contributed by atoms with Crippen molar-refractivity contribution in [3.63, 3.8) is 0 Å². The zero-order chi connectivity index (χ0) is 24.4. The van der Waals surface area contributed by atoms with Gasteiger partial charge in [0.2, 0.25) is 5.88 Å². The van der Waals surface area contributed by atoms with Crippen LogP contribution >= 0.6 is 25.0 Å². The predicted octanol–water partition coefficient (Wildman–Crippen LogP) is 3.05. The largest absolute Gasteiger partial charge is 0.474 e. The third-order valence-corrected chi connectivity index (χ3v) is 1.93. The van der Waals surface area contributed by atoms with Gasteiger partial charge < -0.3 is 38.8 Å². The van der Waals surface area contributed by atoms with Crippen LogP contribution in [0, 0.1) is 6.92 Å². The van der Waals surface area contributed by atoms with Crippen LogP contribution in [-0.2, 0) is 23.6 Å². The average molecular weight is 519 g/mol. The van der Waals surface area contributed by atoms with Crippen molar-refractivity contribution in [2.24, 2.45) is 0 Å². The normalized spacial score (nSPS) is 9.93. The Morgan fingerprint density at radius 2 is 1.28 bits per heavy atom. The number of ether oxygens (including phenoxy) is 2. The fourth-order valence-corrected chi connectivity index (χ4v) is 1.03. The summed E-state index contributed by atoms with van der Waals surface area (Å²) in [5.41, 5.74) is 0.647. The van der Waals surface area contributed by atoms with Crippen LogP contribution in [0.15, 0.2) is 0 Å². The van der Waals surface area contributed by atoms with E-state index in [-0.39, 0.29) is 12.1 Å². The number of nitrogens with zero attached hydrogens (tertiary/aromatic N) is 2. The number of hydrogen-bond acceptors (Lipinski definition) is 6. The summed E-state index contributed by atoms with van der Waals surface area (Å²) in [6.45, 7) is 6.22. The Hall–Kier alpha value is 0.0300. The van der Waals surface area contributed by atoms with E-state index >= 15 is 0 Å². The molecule has 10 nitrogen and oxygen atoms in total. The molecule has 1 rings (SSSR count). The van der Waals surface area contributed by atoms with Crippen molar-refractivity contribution in [2.75, 3.05) is 7.11 Å². The molecule has 1 aromatic heterocycles. The maximum atomic E-state index is 7.56. The molecule has 1 heterocycles. The molecule has 0 aliphatic heterocycles. The zero-order valence-electron chi connectivity index (χ0n) is 17.8. The van der Waals surface area contributed by atoms with Crippen molar-refractivity contribution in [1.29, 1.82) is 0 Å². The molecule has 0 saturated heterocycles. The highest BCUT2D eigenvalue weighted by Crippen LogP contribution is 2.27. The van der Waals surface area contributed by atoms with Gasteiger partial charge in [0.15, 0.2) is 0 Å². The molecule has 0 spiro atoms. The smallest absolute Gasteiger partial charge is 0.319 e. The highest BCUT2D eigenvalue weighted by atomic mass is 35.5. The molecule has 15 heteroatoms. The molecule has 0 aromatic carbocycles. The van der Waals surface area contributed by atoms with Crippen LogP contribution in [-0.4, -0.2) is 52.5 Å². The number of rotatable bonds is 3. The molecule has 0 atom stereocenters. The summed E-state index contributed by atoms with van der Waals surface area (Å²) in [6, 6.07) is 0.266. The monoisotopic (exact) mass is 518 g/mol. The molecule has 0 bridgehead atoms. The van der Waals surface area contributed by atoms with E-state index < -0.39 is 13.4 Å². The van der Waals surface area contributed by atoms with E-state index in [1.54, 1.807) is 6.92 Å². The average Bonchev–Trinajstić information content (AvgIpc) is 2.50. The van der Waals surface area contributed by atoms with E-state index in [1.165, 1.54) is 13.5 Å². The summed E-state index contributed by atoms with van der Waals surface area (Å²) < 4.78 is 10.3. The number of hydrogen-bond donors (Lipinski definition) is 6. The molecule has 6 N–H and O–H groups in total. The van der Waals surface area contributed by atoms with Crippen LogP contribution in [0.25, 0.3) is 0 Å². The van der Waals surface area contributed by atoms with Gasteiger partial charge in [-0.3, -0.25) is 0 Å². The molecule has 0 unspecified atom stereocenters. The highest BCUT2D eigenvalue weighted by Gasteiger charge is 2.12. The molecule has 29 heavy (non-hydrogen) atoms. The van der Waals surface area contributed by atoms with Crippen LogP contribution in [0.1, 0.15) is 53.7 Å². The standard InChI is InChI=1S/C9H13ClN2O2.C3H8.C2H6.2H3O3PS/c1-5(2)14-8-7(10)6(3)11-9(12-8)13-4;1-3-2;1-2;2*1-4(2,3)5/h5H,1-4H3;3H2,1-2H3;1-2H3;2*(H3,1,2,3,5). The second-order valence-corrected chi connectivity index (χ2v) is 10.2. The lowest BCUT2D eigenvalue weighted by atomic mass is 10.4. The van der Waals surface area contributed by atoms with Gasteiger partial charge in [-0.15, -0.1) is 0 Å². The second kappa shape index (κ2) is 20.0. The van der Waals surface area contributed by atoms with E-state index in [4.69, 9.17) is 50.4 Å². The number of aromatic nitrogens is 2. The highest BCUT2D eigenvalue weighted by molar-refractivity contribution is 8.06. The lowest BCUT2D eigenvalue weighted by Crippen LogP contribution is -2.09. The first-order valence-electron chi connectivity index (χ1n) is 8.27. The van der Waals surface area contributed by atoms with Crippen LogP contribution in [0.2, 0.25) is 5.02 Å². The summed E-state index contributed by atoms with van der Waals surface area (Å²) in [6.07, 6.45) is 1.27. The number of halogens is 1. The molecule has 1 aromatic rings. The molecular weight excluding hydrogens is 486 g/mol. The fraction of sp³-hybridized carbons (Fsp3) is 0.714. The third-order valence-electron chi connectivity index (χ3n) is 1.50. The molecule has 0 fully saturated rings. The lowest BCUT2D eigenvalue weighted by molar-refractivity contribution is 0.228. The van der Waals surface area contributed by atoms with Crippen LogP contribution < -0.4 is 9.47 Å². The molecule has 0 amide bonds. The van der Waals surface area contributed by atoms with Crippen LogP contribution in [0.4, 0.5) is 0 Å². The van der Waals surface area contributed by atoms with Gasteiger partial charge in [-0.25, -0.2) is 0 Å². The molecular formula is C14H33ClN2O8P2S2. The van der Waals surface area contributed by atoms with Gasteiger partial charge in [0, 0.05) is 0 Å². The van der Waals surface area contributed by atoms with E-state index in [1.807, 2.05) is 27.7 Å². The SMILES string of the molecule is CC.CCC.COc1nc(C)c(Cl)c(OC(C)C)n1.OP(O)(O)=S.OP(O)(O)=S. The second-order valence-electron chi connectivity index (χ2n) is 4.82. The Balaban J connectivity index is -0.000000173. The van der Waals surface area contributed by atoms with Crippen LogP contribution in [0.3, 0.4) is 0 Å². The minimum Gasteiger partial charge on any atom is -0.474 e. The van der Waals surface area contributed by atoms with E-state index in [0.717, 1.165) is 0 Å². The Kier molecular flexibility index (Phi) is 25.1. The Bertz CT molecular complexity index is 593. The Morgan fingerprint density at radius 1 is 0.966 bits per heavy atom. The summed E-state index contributed by atoms with van der Waals surface area (Å²) >= 11 is 13.2. The van der Waals surface area contributed by atoms with Crippen molar-refractivity contribution in [3.05, 3.63) is 10.7 Å². The van der Waals surface area contributed by atoms with Crippen molar-refractivity contribution in [3.8, 4) is 11.9 Å². The first kappa shape index (κ1) is 36.4. The van der Waals surface area contributed by atoms with Gasteiger partial charge in [-0.2, -0.15) is 9.97 Å². The minimum absolute atomic E-state index is 0.0199. The summed E-state index contributed by atoms with van der Waals surface area (Å²) in [4.78, 5) is 53.4. The van der Waals surface area contributed by atoms with Gasteiger partial charge in [-0.05, 0) is 44.4 Å². The predicted molar refractivity (Wildman–Crippen MR) is 123 cm³/mol. The van der Waals surface area contributed by atoms with Gasteiger partial charge >= 0.3 is 19.4 Å². The number of methoxy groups -OCH3 is 1. The van der Waals surface area contributed by atoms with Gasteiger partial charge in [0.05, 0.1) is 18.9 Å². The van der Waals surface area contributed by atoms with E-state index in [0.29, 0.717) is 16.6 Å². The van der Waals surface area contributed by atoms with Crippen LogP contribution in [0.5, 0.6) is 11.9 Å². The van der Waals surface area contributed by atoms with E-state index in [9.17, 15) is 0 Å². The fourth-order valence-electron chi connectivity index (χ4n) is 0.901. The first-order valence-corrected chi connectivity index (χ1v) is 14.0. The van der Waals surface area contributed by atoms with E-state index in [2.05, 4.69) is 47.4 Å². The van der Waals surface area contributed by atoms with Crippen molar-refractivity contribution < 1.29 is 38.8 Å². The molecule has 0 aliphatic carbocycles. The van der Waals surface area contributed by atoms with Crippen molar-refractivity contribution >= 4 is 48.7 Å².